The Hall–Kier alpha value is -3.59. The van der Waals surface area contributed by atoms with Crippen molar-refractivity contribution in [2.24, 2.45) is 0 Å². The third-order valence-corrected chi connectivity index (χ3v) is 6.30. The van der Waals surface area contributed by atoms with Gasteiger partial charge in [0.05, 0.1) is 18.9 Å². The largest absolute Gasteiger partial charge is 0.497 e. The maximum Gasteiger partial charge on any atom is 0.251 e. The number of hydrogen-bond acceptors (Lipinski definition) is 6. The van der Waals surface area contributed by atoms with Crippen molar-refractivity contribution in [3.05, 3.63) is 78.1 Å². The second-order valence-electron chi connectivity index (χ2n) is 8.24. The number of nitrogens with zero attached hydrogens (tertiary/aromatic N) is 3. The molecule has 1 atom stereocenters. The normalized spacial score (nSPS) is 11.7. The zero-order valence-electron chi connectivity index (χ0n) is 20.4. The highest BCUT2D eigenvalue weighted by Gasteiger charge is 2.21. The minimum Gasteiger partial charge on any atom is -0.497 e. The average Bonchev–Trinajstić information content (AvgIpc) is 3.25. The summed E-state index contributed by atoms with van der Waals surface area (Å²) in [6.07, 6.45) is 1.73. The fourth-order valence-electron chi connectivity index (χ4n) is 3.55. The van der Waals surface area contributed by atoms with Crippen LogP contribution in [0.5, 0.6) is 5.75 Å². The zero-order chi connectivity index (χ0) is 25.4. The average molecular weight is 494 g/mol. The zero-order valence-corrected chi connectivity index (χ0v) is 21.3. The monoisotopic (exact) mass is 493 g/mol. The molecule has 0 aliphatic rings. The van der Waals surface area contributed by atoms with Crippen molar-refractivity contribution in [2.45, 2.75) is 44.4 Å². The Morgan fingerprint density at radius 1 is 1.11 bits per heavy atom. The lowest BCUT2D eigenvalue weighted by atomic mass is 10.0. The summed E-state index contributed by atoms with van der Waals surface area (Å²) >= 11 is 1.29. The number of aromatic nitrogens is 3. The molecule has 0 aliphatic carbocycles. The molecule has 0 unspecified atom stereocenters. The maximum absolute atomic E-state index is 12.7. The van der Waals surface area contributed by atoms with Gasteiger partial charge in [-0.2, -0.15) is 0 Å². The SMILES string of the molecule is C=CCn1c(SCC(=O)Nc2ccccc2C(C)C)nnc1[C@@H](C)NC(=O)c1ccc(OC)cc1. The van der Waals surface area contributed by atoms with E-state index in [1.165, 1.54) is 11.8 Å². The van der Waals surface area contributed by atoms with Crippen molar-refractivity contribution in [1.82, 2.24) is 20.1 Å². The van der Waals surface area contributed by atoms with Crippen LogP contribution in [0.25, 0.3) is 0 Å². The van der Waals surface area contributed by atoms with Crippen LogP contribution in [-0.2, 0) is 11.3 Å². The summed E-state index contributed by atoms with van der Waals surface area (Å²) in [5, 5.41) is 15.1. The number of ether oxygens (including phenoxy) is 1. The Labute approximate surface area is 210 Å². The van der Waals surface area contributed by atoms with E-state index in [2.05, 4.69) is 41.3 Å². The van der Waals surface area contributed by atoms with Crippen LogP contribution in [0.3, 0.4) is 0 Å². The Morgan fingerprint density at radius 3 is 2.49 bits per heavy atom. The molecule has 9 heteroatoms. The molecule has 0 fully saturated rings. The Morgan fingerprint density at radius 2 is 1.83 bits per heavy atom. The summed E-state index contributed by atoms with van der Waals surface area (Å²) < 4.78 is 6.99. The molecule has 0 radical (unpaired) electrons. The van der Waals surface area contributed by atoms with E-state index in [1.807, 2.05) is 35.8 Å². The molecule has 35 heavy (non-hydrogen) atoms. The summed E-state index contributed by atoms with van der Waals surface area (Å²) in [7, 11) is 1.58. The van der Waals surface area contributed by atoms with E-state index in [4.69, 9.17) is 4.74 Å². The molecule has 1 heterocycles. The molecule has 0 aliphatic heterocycles. The molecule has 184 valence electrons. The predicted molar refractivity (Wildman–Crippen MR) is 139 cm³/mol. The van der Waals surface area contributed by atoms with E-state index in [0.29, 0.717) is 34.8 Å². The topological polar surface area (TPSA) is 98.1 Å². The minimum absolute atomic E-state index is 0.126. The molecule has 1 aromatic heterocycles. The number of thioether (sulfide) groups is 1. The van der Waals surface area contributed by atoms with Gasteiger partial charge in [-0.3, -0.25) is 9.59 Å². The van der Waals surface area contributed by atoms with E-state index in [0.717, 1.165) is 11.3 Å². The number of nitrogens with one attached hydrogen (secondary N) is 2. The molecule has 0 saturated heterocycles. The van der Waals surface area contributed by atoms with Crippen LogP contribution >= 0.6 is 11.8 Å². The lowest BCUT2D eigenvalue weighted by Crippen LogP contribution is -2.28. The van der Waals surface area contributed by atoms with Gasteiger partial charge in [0.2, 0.25) is 5.91 Å². The number of allylic oxidation sites excluding steroid dienone is 1. The van der Waals surface area contributed by atoms with Gasteiger partial charge >= 0.3 is 0 Å². The third-order valence-electron chi connectivity index (χ3n) is 5.33. The first-order chi connectivity index (χ1) is 16.8. The van der Waals surface area contributed by atoms with Crippen molar-refractivity contribution in [1.29, 1.82) is 0 Å². The van der Waals surface area contributed by atoms with Crippen LogP contribution in [0, 0.1) is 0 Å². The smallest absolute Gasteiger partial charge is 0.251 e. The number of methoxy groups -OCH3 is 1. The molecule has 2 aromatic carbocycles. The van der Waals surface area contributed by atoms with E-state index in [1.54, 1.807) is 37.5 Å². The first-order valence-electron chi connectivity index (χ1n) is 11.3. The summed E-state index contributed by atoms with van der Waals surface area (Å²) in [6.45, 7) is 10.3. The molecule has 0 saturated carbocycles. The van der Waals surface area contributed by atoms with Gasteiger partial charge in [0.15, 0.2) is 11.0 Å². The number of carbonyl (C=O) groups is 2. The van der Waals surface area contributed by atoms with Crippen molar-refractivity contribution in [3.8, 4) is 5.75 Å². The second kappa shape index (κ2) is 12.2. The van der Waals surface area contributed by atoms with Gasteiger partial charge in [-0.15, -0.1) is 16.8 Å². The van der Waals surface area contributed by atoms with Gasteiger partial charge < -0.3 is 19.9 Å². The number of carbonyl (C=O) groups excluding carboxylic acids is 2. The van der Waals surface area contributed by atoms with Gasteiger partial charge in [0, 0.05) is 17.8 Å². The molecule has 3 rings (SSSR count). The van der Waals surface area contributed by atoms with E-state index >= 15 is 0 Å². The van der Waals surface area contributed by atoms with Crippen molar-refractivity contribution in [2.75, 3.05) is 18.2 Å². The van der Waals surface area contributed by atoms with Crippen LogP contribution in [0.4, 0.5) is 5.69 Å². The number of rotatable bonds is 11. The predicted octanol–water partition coefficient (Wildman–Crippen LogP) is 4.82. The lowest BCUT2D eigenvalue weighted by molar-refractivity contribution is -0.113. The lowest BCUT2D eigenvalue weighted by Gasteiger charge is -2.16. The number of benzene rings is 2. The first-order valence-corrected chi connectivity index (χ1v) is 12.3. The van der Waals surface area contributed by atoms with Crippen LogP contribution in [0.1, 0.15) is 54.5 Å². The van der Waals surface area contributed by atoms with Gasteiger partial charge in [-0.25, -0.2) is 0 Å². The van der Waals surface area contributed by atoms with Crippen molar-refractivity contribution in [3.63, 3.8) is 0 Å². The molecular formula is C26H31N5O3S. The molecule has 0 spiro atoms. The molecule has 2 amide bonds. The maximum atomic E-state index is 12.7. The summed E-state index contributed by atoms with van der Waals surface area (Å²) in [4.78, 5) is 25.3. The number of hydrogen-bond donors (Lipinski definition) is 2. The number of amides is 2. The molecule has 3 aromatic rings. The van der Waals surface area contributed by atoms with E-state index < -0.39 is 6.04 Å². The quantitative estimate of drug-likeness (QED) is 0.294. The van der Waals surface area contributed by atoms with E-state index in [-0.39, 0.29) is 17.6 Å². The minimum atomic E-state index is -0.404. The van der Waals surface area contributed by atoms with Crippen LogP contribution in [-0.4, -0.2) is 39.4 Å². The highest BCUT2D eigenvalue weighted by Crippen LogP contribution is 2.25. The molecule has 0 bridgehead atoms. The summed E-state index contributed by atoms with van der Waals surface area (Å²) in [6, 6.07) is 14.3. The van der Waals surface area contributed by atoms with Gasteiger partial charge in [-0.05, 0) is 48.7 Å². The Bertz CT molecular complexity index is 1170. The number of anilines is 1. The summed E-state index contributed by atoms with van der Waals surface area (Å²) in [5.41, 5.74) is 2.42. The highest BCUT2D eigenvalue weighted by atomic mass is 32.2. The van der Waals surface area contributed by atoms with Crippen molar-refractivity contribution < 1.29 is 14.3 Å². The van der Waals surface area contributed by atoms with Crippen molar-refractivity contribution >= 4 is 29.3 Å². The van der Waals surface area contributed by atoms with Crippen LogP contribution < -0.4 is 15.4 Å². The molecule has 8 nitrogen and oxygen atoms in total. The van der Waals surface area contributed by atoms with Gasteiger partial charge in [-0.1, -0.05) is 49.9 Å². The number of para-hydroxylation sites is 1. The highest BCUT2D eigenvalue weighted by molar-refractivity contribution is 7.99. The standard InChI is InChI=1S/C26H31N5O3S/c1-6-15-31-24(18(4)27-25(33)19-11-13-20(34-5)14-12-19)29-30-26(31)35-16-23(32)28-22-10-8-7-9-21(22)17(2)3/h6-14,17-18H,1,15-16H2,2-5H3,(H,27,33)(H,28,32)/t18-/m1/s1. The van der Waals surface area contributed by atoms with E-state index in [9.17, 15) is 9.59 Å². The molecular weight excluding hydrogens is 462 g/mol. The first kappa shape index (κ1) is 26.0. The fourth-order valence-corrected chi connectivity index (χ4v) is 4.30. The fraction of sp³-hybridized carbons (Fsp3) is 0.308. The van der Waals surface area contributed by atoms with Gasteiger partial charge in [0.1, 0.15) is 5.75 Å². The third kappa shape index (κ3) is 6.73. The van der Waals surface area contributed by atoms with Crippen LogP contribution in [0.15, 0.2) is 66.3 Å². The van der Waals surface area contributed by atoms with Crippen LogP contribution in [0.2, 0.25) is 0 Å². The summed E-state index contributed by atoms with van der Waals surface area (Å²) in [5.74, 6) is 1.38. The second-order valence-corrected chi connectivity index (χ2v) is 9.19. The molecule has 2 N–H and O–H groups in total. The van der Waals surface area contributed by atoms with Gasteiger partial charge in [0.25, 0.3) is 5.91 Å². The Kier molecular flexibility index (Phi) is 9.08. The Balaban J connectivity index is 1.67.